The summed E-state index contributed by atoms with van der Waals surface area (Å²) in [5.74, 6) is 0.0699. The van der Waals surface area contributed by atoms with Gasteiger partial charge in [0.2, 0.25) is 11.8 Å². The van der Waals surface area contributed by atoms with Gasteiger partial charge in [0.25, 0.3) is 5.91 Å². The highest BCUT2D eigenvalue weighted by atomic mass is 16.2. The van der Waals surface area contributed by atoms with Gasteiger partial charge in [-0.3, -0.25) is 9.78 Å². The Morgan fingerprint density at radius 1 is 1.07 bits per heavy atom. The van der Waals surface area contributed by atoms with Crippen molar-refractivity contribution in [2.45, 2.75) is 0 Å². The molecule has 0 radical (unpaired) electrons. The van der Waals surface area contributed by atoms with E-state index in [1.807, 2.05) is 24.3 Å². The minimum Gasteiger partial charge on any atom is -0.369 e. The largest absolute Gasteiger partial charge is 0.369 e. The zero-order chi connectivity index (χ0) is 18.8. The minimum absolute atomic E-state index is 0.0469. The molecule has 1 fully saturated rings. The van der Waals surface area contributed by atoms with E-state index < -0.39 is 0 Å². The number of nitrogen functional groups attached to an aromatic ring is 1. The first-order valence-corrected chi connectivity index (χ1v) is 8.84. The molecule has 4 rings (SSSR count). The SMILES string of the molecule is CN1CCN(c2cccc(C(=O)n3nc(-c4ccccn4)nc3N)c2)CC1. The van der Waals surface area contributed by atoms with Crippen molar-refractivity contribution >= 4 is 17.5 Å². The van der Waals surface area contributed by atoms with Gasteiger partial charge in [0.1, 0.15) is 5.69 Å². The molecular weight excluding hydrogens is 342 g/mol. The van der Waals surface area contributed by atoms with Gasteiger partial charge >= 0.3 is 0 Å². The lowest BCUT2D eigenvalue weighted by Gasteiger charge is -2.34. The maximum absolute atomic E-state index is 12.9. The van der Waals surface area contributed by atoms with Crippen LogP contribution in [0.5, 0.6) is 0 Å². The standard InChI is InChI=1S/C19H21N7O/c1-24-9-11-25(12-10-24)15-6-4-5-14(13-15)18(27)26-19(20)22-17(23-26)16-7-2-3-8-21-16/h2-8,13H,9-12H2,1H3,(H2,20,22,23). The number of aromatic nitrogens is 4. The van der Waals surface area contributed by atoms with Crippen molar-refractivity contribution in [1.82, 2.24) is 24.6 Å². The molecule has 0 spiro atoms. The van der Waals surface area contributed by atoms with E-state index in [2.05, 4.69) is 31.9 Å². The zero-order valence-corrected chi connectivity index (χ0v) is 15.1. The minimum atomic E-state index is -0.307. The Kier molecular flexibility index (Phi) is 4.55. The summed E-state index contributed by atoms with van der Waals surface area (Å²) in [5, 5.41) is 4.26. The fourth-order valence-corrected chi connectivity index (χ4v) is 3.10. The van der Waals surface area contributed by atoms with Crippen molar-refractivity contribution in [1.29, 1.82) is 0 Å². The number of anilines is 2. The summed E-state index contributed by atoms with van der Waals surface area (Å²) in [6.07, 6.45) is 1.65. The quantitative estimate of drug-likeness (QED) is 0.751. The first-order valence-electron chi connectivity index (χ1n) is 8.84. The number of hydrogen-bond acceptors (Lipinski definition) is 7. The van der Waals surface area contributed by atoms with Crippen molar-refractivity contribution in [2.75, 3.05) is 43.9 Å². The molecule has 138 valence electrons. The average molecular weight is 363 g/mol. The lowest BCUT2D eigenvalue weighted by atomic mass is 10.1. The second-order valence-corrected chi connectivity index (χ2v) is 6.57. The van der Waals surface area contributed by atoms with Crippen LogP contribution in [-0.4, -0.2) is 63.8 Å². The molecule has 1 saturated heterocycles. The lowest BCUT2D eigenvalue weighted by Crippen LogP contribution is -2.44. The molecule has 3 aromatic rings. The van der Waals surface area contributed by atoms with Crippen molar-refractivity contribution < 1.29 is 4.79 Å². The van der Waals surface area contributed by atoms with Gasteiger partial charge < -0.3 is 15.5 Å². The third-order valence-corrected chi connectivity index (χ3v) is 4.68. The Hall–Kier alpha value is -3.26. The highest BCUT2D eigenvalue weighted by molar-refractivity contribution is 5.97. The Morgan fingerprint density at radius 3 is 2.63 bits per heavy atom. The number of nitrogens with zero attached hydrogens (tertiary/aromatic N) is 6. The third kappa shape index (κ3) is 3.52. The summed E-state index contributed by atoms with van der Waals surface area (Å²) in [6, 6.07) is 13.0. The summed E-state index contributed by atoms with van der Waals surface area (Å²) in [6.45, 7) is 3.87. The van der Waals surface area contributed by atoms with Crippen LogP contribution in [0.1, 0.15) is 10.4 Å². The van der Waals surface area contributed by atoms with E-state index in [1.54, 1.807) is 24.4 Å². The number of carbonyl (C=O) groups excluding carboxylic acids is 1. The number of benzene rings is 1. The average Bonchev–Trinajstić information content (AvgIpc) is 3.10. The second-order valence-electron chi connectivity index (χ2n) is 6.57. The van der Waals surface area contributed by atoms with Crippen molar-refractivity contribution in [2.24, 2.45) is 0 Å². The van der Waals surface area contributed by atoms with Gasteiger partial charge in [-0.25, -0.2) is 0 Å². The molecule has 1 aliphatic heterocycles. The maximum Gasteiger partial charge on any atom is 0.281 e. The molecule has 0 atom stereocenters. The van der Waals surface area contributed by atoms with Crippen molar-refractivity contribution in [3.8, 4) is 11.5 Å². The summed E-state index contributed by atoms with van der Waals surface area (Å²) < 4.78 is 1.13. The smallest absolute Gasteiger partial charge is 0.281 e. The highest BCUT2D eigenvalue weighted by Crippen LogP contribution is 2.20. The van der Waals surface area contributed by atoms with Gasteiger partial charge in [-0.15, -0.1) is 5.10 Å². The zero-order valence-electron chi connectivity index (χ0n) is 15.1. The molecule has 8 nitrogen and oxygen atoms in total. The van der Waals surface area contributed by atoms with E-state index in [9.17, 15) is 4.79 Å². The van der Waals surface area contributed by atoms with E-state index in [4.69, 9.17) is 5.73 Å². The first-order chi connectivity index (χ1) is 13.1. The third-order valence-electron chi connectivity index (χ3n) is 4.68. The van der Waals surface area contributed by atoms with Crippen LogP contribution in [-0.2, 0) is 0 Å². The van der Waals surface area contributed by atoms with Crippen LogP contribution in [0.15, 0.2) is 48.7 Å². The Balaban J connectivity index is 1.60. The van der Waals surface area contributed by atoms with Crippen LogP contribution in [0.25, 0.3) is 11.5 Å². The lowest BCUT2D eigenvalue weighted by molar-refractivity contribution is 0.0948. The van der Waals surface area contributed by atoms with Gasteiger partial charge in [0.15, 0.2) is 0 Å². The number of piperazine rings is 1. The molecule has 0 saturated carbocycles. The Morgan fingerprint density at radius 2 is 1.89 bits per heavy atom. The molecule has 0 bridgehead atoms. The van der Waals surface area contributed by atoms with Crippen LogP contribution < -0.4 is 10.6 Å². The summed E-state index contributed by atoms with van der Waals surface area (Å²) in [7, 11) is 2.12. The summed E-state index contributed by atoms with van der Waals surface area (Å²) >= 11 is 0. The molecule has 27 heavy (non-hydrogen) atoms. The molecular formula is C19H21N7O. The van der Waals surface area contributed by atoms with E-state index in [-0.39, 0.29) is 11.9 Å². The first kappa shape index (κ1) is 17.2. The molecule has 3 heterocycles. The number of hydrogen-bond donors (Lipinski definition) is 1. The highest BCUT2D eigenvalue weighted by Gasteiger charge is 2.19. The Labute approximate surface area is 157 Å². The molecule has 0 amide bonds. The van der Waals surface area contributed by atoms with E-state index in [0.717, 1.165) is 36.5 Å². The number of nitrogens with two attached hydrogens (primary N) is 1. The normalized spacial score (nSPS) is 15.1. The van der Waals surface area contributed by atoms with Gasteiger partial charge in [-0.1, -0.05) is 12.1 Å². The van der Waals surface area contributed by atoms with Crippen LogP contribution >= 0.6 is 0 Å². The number of pyridine rings is 1. The summed E-state index contributed by atoms with van der Waals surface area (Å²) in [4.78, 5) is 25.9. The second kappa shape index (κ2) is 7.16. The van der Waals surface area contributed by atoms with Crippen LogP contribution in [0, 0.1) is 0 Å². The maximum atomic E-state index is 12.9. The predicted octanol–water partition coefficient (Wildman–Crippen LogP) is 1.36. The van der Waals surface area contributed by atoms with Crippen molar-refractivity contribution in [3.63, 3.8) is 0 Å². The van der Waals surface area contributed by atoms with Crippen LogP contribution in [0.3, 0.4) is 0 Å². The molecule has 8 heteroatoms. The van der Waals surface area contributed by atoms with E-state index in [0.29, 0.717) is 17.1 Å². The van der Waals surface area contributed by atoms with Gasteiger partial charge in [0, 0.05) is 43.6 Å². The molecule has 2 aromatic heterocycles. The van der Waals surface area contributed by atoms with E-state index >= 15 is 0 Å². The Bertz CT molecular complexity index is 946. The fraction of sp³-hybridized carbons (Fsp3) is 0.263. The van der Waals surface area contributed by atoms with Gasteiger partial charge in [0.05, 0.1) is 0 Å². The monoisotopic (exact) mass is 363 g/mol. The number of carbonyl (C=O) groups is 1. The fourth-order valence-electron chi connectivity index (χ4n) is 3.10. The molecule has 0 aliphatic carbocycles. The predicted molar refractivity (Wildman–Crippen MR) is 104 cm³/mol. The molecule has 2 N–H and O–H groups in total. The van der Waals surface area contributed by atoms with E-state index in [1.165, 1.54) is 0 Å². The van der Waals surface area contributed by atoms with Crippen LogP contribution in [0.2, 0.25) is 0 Å². The summed E-state index contributed by atoms with van der Waals surface area (Å²) in [5.41, 5.74) is 8.06. The number of likely N-dealkylation sites (N-methyl/N-ethyl adjacent to an activating group) is 1. The van der Waals surface area contributed by atoms with Crippen LogP contribution in [0.4, 0.5) is 11.6 Å². The molecule has 1 aromatic carbocycles. The molecule has 0 unspecified atom stereocenters. The molecule has 1 aliphatic rings. The van der Waals surface area contributed by atoms with Gasteiger partial charge in [-0.2, -0.15) is 9.67 Å². The van der Waals surface area contributed by atoms with Crippen molar-refractivity contribution in [3.05, 3.63) is 54.2 Å². The topological polar surface area (TPSA) is 93.2 Å². The number of rotatable bonds is 3. The van der Waals surface area contributed by atoms with Gasteiger partial charge in [-0.05, 0) is 37.4 Å².